The van der Waals surface area contributed by atoms with E-state index in [2.05, 4.69) is 5.32 Å². The summed E-state index contributed by atoms with van der Waals surface area (Å²) in [6, 6.07) is 7.22. The number of carbonyl (C=O) groups is 2. The fourth-order valence-electron chi connectivity index (χ4n) is 1.90. The van der Waals surface area contributed by atoms with Gasteiger partial charge in [-0.1, -0.05) is 29.8 Å². The molecule has 0 spiro atoms. The van der Waals surface area contributed by atoms with Gasteiger partial charge >= 0.3 is 0 Å². The maximum Gasteiger partial charge on any atom is 0.240 e. The normalized spacial score (nSPS) is 16.5. The molecule has 0 aliphatic carbocycles. The van der Waals surface area contributed by atoms with E-state index in [-0.39, 0.29) is 24.4 Å². The van der Waals surface area contributed by atoms with Crippen LogP contribution in [0.15, 0.2) is 24.3 Å². The van der Waals surface area contributed by atoms with E-state index in [1.165, 1.54) is 11.8 Å². The molecule has 1 fully saturated rings. The van der Waals surface area contributed by atoms with Crippen LogP contribution in [0.3, 0.4) is 0 Å². The van der Waals surface area contributed by atoms with Crippen molar-refractivity contribution in [2.24, 2.45) is 0 Å². The molecule has 0 unspecified atom stereocenters. The standard InChI is InChI=1S/C13H15ClN2O2S/c1-9(10-4-2-3-5-11(10)14)15-12(17)6-16-8-19-7-13(16)18/h2-5,9H,6-8H2,1H3,(H,15,17)/t9-/m1/s1. The van der Waals surface area contributed by atoms with E-state index in [0.717, 1.165) is 5.56 Å². The zero-order valence-corrected chi connectivity index (χ0v) is 12.1. The number of amides is 2. The second-order valence-electron chi connectivity index (χ2n) is 4.38. The molecule has 1 heterocycles. The van der Waals surface area contributed by atoms with Crippen LogP contribution in [0.25, 0.3) is 0 Å². The predicted molar refractivity (Wildman–Crippen MR) is 77.0 cm³/mol. The lowest BCUT2D eigenvalue weighted by Gasteiger charge is -2.19. The SMILES string of the molecule is C[C@@H](NC(=O)CN1CSCC1=O)c1ccccc1Cl. The van der Waals surface area contributed by atoms with E-state index >= 15 is 0 Å². The minimum absolute atomic E-state index is 0.0190. The van der Waals surface area contributed by atoms with Crippen molar-refractivity contribution >= 4 is 35.2 Å². The third-order valence-corrected chi connectivity index (χ3v) is 4.20. The second-order valence-corrected chi connectivity index (χ2v) is 5.74. The fraction of sp³-hybridized carbons (Fsp3) is 0.385. The Morgan fingerprint density at radius 1 is 1.53 bits per heavy atom. The van der Waals surface area contributed by atoms with Crippen molar-refractivity contribution in [3.8, 4) is 0 Å². The zero-order valence-electron chi connectivity index (χ0n) is 10.6. The number of hydrogen-bond donors (Lipinski definition) is 1. The highest BCUT2D eigenvalue weighted by atomic mass is 35.5. The van der Waals surface area contributed by atoms with Crippen LogP contribution in [-0.4, -0.2) is 34.9 Å². The molecule has 19 heavy (non-hydrogen) atoms. The summed E-state index contributed by atoms with van der Waals surface area (Å²) < 4.78 is 0. The van der Waals surface area contributed by atoms with Gasteiger partial charge in [0, 0.05) is 5.02 Å². The number of halogens is 1. The summed E-state index contributed by atoms with van der Waals surface area (Å²) in [6.45, 7) is 1.99. The van der Waals surface area contributed by atoms with Crippen molar-refractivity contribution < 1.29 is 9.59 Å². The van der Waals surface area contributed by atoms with E-state index in [1.54, 1.807) is 11.0 Å². The molecule has 4 nitrogen and oxygen atoms in total. The predicted octanol–water partition coefficient (Wildman–Crippen LogP) is 2.05. The number of carbonyl (C=O) groups excluding carboxylic acids is 2. The monoisotopic (exact) mass is 298 g/mol. The first-order valence-electron chi connectivity index (χ1n) is 5.97. The largest absolute Gasteiger partial charge is 0.348 e. The number of nitrogens with one attached hydrogen (secondary N) is 1. The summed E-state index contributed by atoms with van der Waals surface area (Å²) in [4.78, 5) is 24.9. The molecule has 102 valence electrons. The van der Waals surface area contributed by atoms with E-state index < -0.39 is 0 Å². The summed E-state index contributed by atoms with van der Waals surface area (Å²) in [5.74, 6) is 0.911. The van der Waals surface area contributed by atoms with Crippen LogP contribution < -0.4 is 5.32 Å². The van der Waals surface area contributed by atoms with Gasteiger partial charge in [-0.2, -0.15) is 0 Å². The number of thioether (sulfide) groups is 1. The second kappa shape index (κ2) is 6.30. The third-order valence-electron chi connectivity index (χ3n) is 2.91. The molecule has 0 aromatic heterocycles. The third kappa shape index (κ3) is 3.64. The number of nitrogens with zero attached hydrogens (tertiary/aromatic N) is 1. The van der Waals surface area contributed by atoms with Gasteiger partial charge in [0.2, 0.25) is 11.8 Å². The van der Waals surface area contributed by atoms with Crippen LogP contribution in [0.4, 0.5) is 0 Å². The highest BCUT2D eigenvalue weighted by Crippen LogP contribution is 2.22. The van der Waals surface area contributed by atoms with E-state index in [9.17, 15) is 9.59 Å². The molecule has 0 radical (unpaired) electrons. The Balaban J connectivity index is 1.92. The number of benzene rings is 1. The van der Waals surface area contributed by atoms with E-state index in [0.29, 0.717) is 16.7 Å². The quantitative estimate of drug-likeness (QED) is 0.925. The van der Waals surface area contributed by atoms with Crippen LogP contribution in [0.2, 0.25) is 5.02 Å². The molecular formula is C13H15ClN2O2S. The van der Waals surface area contributed by atoms with E-state index in [4.69, 9.17) is 11.6 Å². The molecule has 6 heteroatoms. The van der Waals surface area contributed by atoms with Gasteiger partial charge in [-0.05, 0) is 18.6 Å². The molecule has 1 saturated heterocycles. The molecule has 2 amide bonds. The van der Waals surface area contributed by atoms with Gasteiger partial charge < -0.3 is 10.2 Å². The van der Waals surface area contributed by atoms with E-state index in [1.807, 2.05) is 25.1 Å². The molecule has 1 N–H and O–H groups in total. The number of rotatable bonds is 4. The van der Waals surface area contributed by atoms with Crippen molar-refractivity contribution in [1.29, 1.82) is 0 Å². The first-order chi connectivity index (χ1) is 9.08. The summed E-state index contributed by atoms with van der Waals surface area (Å²) in [6.07, 6.45) is 0. The van der Waals surface area contributed by atoms with Crippen molar-refractivity contribution in [3.63, 3.8) is 0 Å². The van der Waals surface area contributed by atoms with Gasteiger partial charge in [-0.3, -0.25) is 9.59 Å². The maximum atomic E-state index is 11.9. The van der Waals surface area contributed by atoms with Crippen molar-refractivity contribution in [2.75, 3.05) is 18.2 Å². The summed E-state index contributed by atoms with van der Waals surface area (Å²) in [5, 5.41) is 3.49. The van der Waals surface area contributed by atoms with Crippen molar-refractivity contribution in [3.05, 3.63) is 34.9 Å². The Morgan fingerprint density at radius 2 is 2.26 bits per heavy atom. The lowest BCUT2D eigenvalue weighted by Crippen LogP contribution is -2.39. The van der Waals surface area contributed by atoms with Gasteiger partial charge in [-0.15, -0.1) is 11.8 Å². The summed E-state index contributed by atoms with van der Waals surface area (Å²) >= 11 is 7.60. The van der Waals surface area contributed by atoms with Gasteiger partial charge in [0.1, 0.15) is 6.54 Å². The van der Waals surface area contributed by atoms with Crippen LogP contribution in [-0.2, 0) is 9.59 Å². The van der Waals surface area contributed by atoms with Gasteiger partial charge in [0.15, 0.2) is 0 Å². The topological polar surface area (TPSA) is 49.4 Å². The Morgan fingerprint density at radius 3 is 2.89 bits per heavy atom. The Hall–Kier alpha value is -1.20. The lowest BCUT2D eigenvalue weighted by molar-refractivity contribution is -0.132. The highest BCUT2D eigenvalue weighted by molar-refractivity contribution is 8.00. The van der Waals surface area contributed by atoms with Gasteiger partial charge in [-0.25, -0.2) is 0 Å². The van der Waals surface area contributed by atoms with Crippen LogP contribution in [0.1, 0.15) is 18.5 Å². The minimum Gasteiger partial charge on any atom is -0.348 e. The molecule has 2 rings (SSSR count). The molecule has 1 aliphatic heterocycles. The zero-order chi connectivity index (χ0) is 13.8. The Kier molecular flexibility index (Phi) is 4.71. The van der Waals surface area contributed by atoms with Crippen LogP contribution in [0, 0.1) is 0 Å². The van der Waals surface area contributed by atoms with Crippen molar-refractivity contribution in [1.82, 2.24) is 10.2 Å². The first kappa shape index (κ1) is 14.2. The smallest absolute Gasteiger partial charge is 0.240 e. The average molecular weight is 299 g/mol. The summed E-state index contributed by atoms with van der Waals surface area (Å²) in [7, 11) is 0. The molecule has 0 bridgehead atoms. The Bertz CT molecular complexity index is 495. The molecular weight excluding hydrogens is 284 g/mol. The number of hydrogen-bond acceptors (Lipinski definition) is 3. The molecule has 1 atom stereocenters. The minimum atomic E-state index is -0.174. The van der Waals surface area contributed by atoms with Crippen molar-refractivity contribution in [2.45, 2.75) is 13.0 Å². The first-order valence-corrected chi connectivity index (χ1v) is 7.50. The lowest BCUT2D eigenvalue weighted by atomic mass is 10.1. The maximum absolute atomic E-state index is 11.9. The molecule has 1 aromatic carbocycles. The van der Waals surface area contributed by atoms with Crippen LogP contribution in [0.5, 0.6) is 0 Å². The van der Waals surface area contributed by atoms with Crippen LogP contribution >= 0.6 is 23.4 Å². The fourth-order valence-corrected chi connectivity index (χ4v) is 3.11. The van der Waals surface area contributed by atoms with Gasteiger partial charge in [0.25, 0.3) is 0 Å². The summed E-state index contributed by atoms with van der Waals surface area (Å²) in [5.41, 5.74) is 0.875. The van der Waals surface area contributed by atoms with Gasteiger partial charge in [0.05, 0.1) is 17.7 Å². The average Bonchev–Trinajstić information content (AvgIpc) is 2.75. The molecule has 0 saturated carbocycles. The Labute approximate surface area is 121 Å². The molecule has 1 aromatic rings. The molecule has 1 aliphatic rings. The highest BCUT2D eigenvalue weighted by Gasteiger charge is 2.23.